The van der Waals surface area contributed by atoms with Gasteiger partial charge in [0.2, 0.25) is 0 Å². The number of benzene rings is 2. The summed E-state index contributed by atoms with van der Waals surface area (Å²) in [5, 5.41) is 21.2. The van der Waals surface area contributed by atoms with Crippen molar-refractivity contribution in [3.8, 4) is 0 Å². The van der Waals surface area contributed by atoms with Crippen molar-refractivity contribution in [1.82, 2.24) is 0 Å². The molecule has 0 spiro atoms. The Labute approximate surface area is 216 Å². The van der Waals surface area contributed by atoms with E-state index in [1.54, 1.807) is 0 Å². The van der Waals surface area contributed by atoms with Crippen molar-refractivity contribution in [1.29, 1.82) is 0 Å². The molecule has 0 heterocycles. The molecule has 0 bridgehead atoms. The van der Waals surface area contributed by atoms with E-state index >= 15 is 0 Å². The van der Waals surface area contributed by atoms with Gasteiger partial charge in [-0.25, -0.2) is 12.2 Å². The fourth-order valence-corrected chi connectivity index (χ4v) is 2.67. The second-order valence-corrected chi connectivity index (χ2v) is 14.3. The largest absolute Gasteiger partial charge is 0.273 e. The topological polar surface area (TPSA) is 74.6 Å². The average Bonchev–Trinajstić information content (AvgIpc) is 3.46. The number of aliphatic carboxylic acids is 2. The van der Waals surface area contributed by atoms with Crippen LogP contribution in [0, 0.1) is 6.08 Å². The predicted octanol–water partition coefficient (Wildman–Crippen LogP) is 7.54. The van der Waals surface area contributed by atoms with Crippen molar-refractivity contribution in [2.75, 3.05) is 0 Å². The molecule has 0 aliphatic heterocycles. The molecule has 2 N–H and O–H groups in total. The number of fused-ring (bicyclic) bond motifs is 3. The molecule has 3 aromatic carbocycles. The van der Waals surface area contributed by atoms with Gasteiger partial charge in [0.1, 0.15) is 0 Å². The molecule has 34 heavy (non-hydrogen) atoms. The number of carbonyl (C=O) groups is 2. The van der Waals surface area contributed by atoms with Gasteiger partial charge < -0.3 is 10.2 Å². The Morgan fingerprint density at radius 1 is 0.912 bits per heavy atom. The van der Waals surface area contributed by atoms with E-state index < -0.39 is 11.9 Å². The van der Waals surface area contributed by atoms with Gasteiger partial charge in [0.25, 0.3) is 0 Å². The van der Waals surface area contributed by atoms with E-state index in [0.717, 1.165) is 19.3 Å². The Bertz CT molecular complexity index is 986. The third-order valence-electron chi connectivity index (χ3n) is 4.04. The molecule has 0 fully saturated rings. The minimum atomic E-state index is -0.711. The molecule has 1 aliphatic rings. The second kappa shape index (κ2) is 20.1. The molecule has 0 aromatic heterocycles. The fourth-order valence-electron chi connectivity index (χ4n) is 2.67. The van der Waals surface area contributed by atoms with Gasteiger partial charge in [0.05, 0.1) is 0 Å². The molecule has 3 aromatic rings. The first-order valence-electron chi connectivity index (χ1n) is 11.4. The van der Waals surface area contributed by atoms with Crippen LogP contribution in [0.3, 0.4) is 0 Å². The van der Waals surface area contributed by atoms with Crippen LogP contribution in [-0.2, 0) is 28.8 Å². The normalized spacial score (nSPS) is 10.5. The predicted molar refractivity (Wildman–Crippen MR) is 141 cm³/mol. The Morgan fingerprint density at radius 2 is 1.32 bits per heavy atom. The van der Waals surface area contributed by atoms with E-state index in [1.807, 2.05) is 26.0 Å². The SMILES string of the molecule is CCCC(=O)O.CCCC(=O)O.C[Si](C)=[Ti+2].[C-]1=CC=CC1.c1ccc2c(c1)[cH-]c1ccccc12. The zero-order valence-corrected chi connectivity index (χ0v) is 23.2. The van der Waals surface area contributed by atoms with E-state index in [0.29, 0.717) is 12.8 Å². The molecule has 4 nitrogen and oxygen atoms in total. The third kappa shape index (κ3) is 16.3. The summed E-state index contributed by atoms with van der Waals surface area (Å²) in [5.41, 5.74) is 0. The summed E-state index contributed by atoms with van der Waals surface area (Å²) in [7, 11) is 0. The molecule has 0 radical (unpaired) electrons. The van der Waals surface area contributed by atoms with Crippen molar-refractivity contribution >= 4 is 39.7 Å². The van der Waals surface area contributed by atoms with Crippen LogP contribution in [0.1, 0.15) is 46.0 Å². The van der Waals surface area contributed by atoms with Gasteiger partial charge in [-0.05, 0) is 12.8 Å². The summed E-state index contributed by atoms with van der Waals surface area (Å²) in [6.07, 6.45) is 12.2. The summed E-state index contributed by atoms with van der Waals surface area (Å²) < 4.78 is 0. The minimum absolute atomic E-state index is 0.120. The summed E-state index contributed by atoms with van der Waals surface area (Å²) in [6, 6.07) is 19.3. The van der Waals surface area contributed by atoms with Gasteiger partial charge in [-0.15, -0.1) is 46.2 Å². The Hall–Kier alpha value is -2.34. The van der Waals surface area contributed by atoms with E-state index in [1.165, 1.54) is 21.5 Å². The number of allylic oxidation sites excluding steroid dienone is 4. The van der Waals surface area contributed by atoms with Crippen LogP contribution in [0.25, 0.3) is 21.5 Å². The van der Waals surface area contributed by atoms with Crippen molar-refractivity contribution in [2.24, 2.45) is 0 Å². The first-order chi connectivity index (χ1) is 16.2. The summed E-state index contributed by atoms with van der Waals surface area (Å²) in [4.78, 5) is 19.2. The first kappa shape index (κ1) is 31.7. The molecule has 6 heteroatoms. The van der Waals surface area contributed by atoms with E-state index in [-0.39, 0.29) is 6.19 Å². The summed E-state index contributed by atoms with van der Waals surface area (Å²) >= 11 is 2.27. The van der Waals surface area contributed by atoms with Gasteiger partial charge in [-0.1, -0.05) is 50.2 Å². The zero-order valence-electron chi connectivity index (χ0n) is 20.7. The smallest absolute Gasteiger partial charge is 0.0771 e. The molecule has 1 aliphatic carbocycles. The van der Waals surface area contributed by atoms with Gasteiger partial charge in [0, 0.05) is 12.8 Å². The number of hydrogen-bond donors (Lipinski definition) is 2. The number of carboxylic acid groups (broad SMARTS) is 2. The number of rotatable bonds is 4. The fraction of sp³-hybridized carbons (Fsp3) is 0.321. The van der Waals surface area contributed by atoms with Crippen LogP contribution in [0.2, 0.25) is 13.1 Å². The number of hydrogen-bond acceptors (Lipinski definition) is 2. The van der Waals surface area contributed by atoms with Gasteiger partial charge in [-0.2, -0.15) is 6.08 Å². The standard InChI is InChI=1S/C13H9.C5H5.2C4H8O2.C2H6Si.Ti/c1-3-7-12-10(5-1)9-11-6-2-4-8-13(11)12;1-2-4-5-3-1;2*1-2-3-4(5)6;1-3-2;/h1-9H;1-3H,4H2;2*2-3H2,1H3,(H,5,6);1-2H3;/q2*-1;;;;+2. The van der Waals surface area contributed by atoms with Crippen molar-refractivity contribution in [2.45, 2.75) is 59.0 Å². The maximum Gasteiger partial charge on any atom is -0.0771 e. The molecule has 0 atom stereocenters. The zero-order chi connectivity index (χ0) is 25.8. The quantitative estimate of drug-likeness (QED) is 0.280. The minimum Gasteiger partial charge on any atom is -0.273 e. The number of carboxylic acids is 2. The Morgan fingerprint density at radius 3 is 1.56 bits per heavy atom. The van der Waals surface area contributed by atoms with E-state index in [4.69, 9.17) is 10.2 Å². The molecule has 180 valence electrons. The van der Waals surface area contributed by atoms with Crippen LogP contribution in [-0.4, -0.2) is 28.3 Å². The van der Waals surface area contributed by atoms with Gasteiger partial charge >= 0.3 is 50.4 Å². The summed E-state index contributed by atoms with van der Waals surface area (Å²) in [6.45, 7) is 8.22. The first-order valence-corrected chi connectivity index (χ1v) is 16.3. The molecular formula is C28H36O4SiTi. The van der Waals surface area contributed by atoms with Crippen LogP contribution < -0.4 is 0 Å². The monoisotopic (exact) mass is 512 g/mol. The molecule has 0 saturated heterocycles. The van der Waals surface area contributed by atoms with Gasteiger partial charge in [-0.3, -0.25) is 15.7 Å². The van der Waals surface area contributed by atoms with Crippen molar-refractivity contribution in [3.63, 3.8) is 0 Å². The second-order valence-electron chi connectivity index (χ2n) is 7.61. The Balaban J connectivity index is 0.000000443. The van der Waals surface area contributed by atoms with Crippen LogP contribution in [0.15, 0.2) is 72.8 Å². The van der Waals surface area contributed by atoms with E-state index in [2.05, 4.69) is 99.0 Å². The average molecular weight is 513 g/mol. The van der Waals surface area contributed by atoms with Crippen LogP contribution in [0.5, 0.6) is 0 Å². The Kier molecular flexibility index (Phi) is 18.7. The van der Waals surface area contributed by atoms with Crippen molar-refractivity contribution < 1.29 is 39.0 Å². The molecule has 0 saturated carbocycles. The maximum absolute atomic E-state index is 9.60. The van der Waals surface area contributed by atoms with Crippen molar-refractivity contribution in [3.05, 3.63) is 78.9 Å². The molecule has 4 rings (SSSR count). The molecule has 0 unspecified atom stereocenters. The molecule has 0 amide bonds. The van der Waals surface area contributed by atoms with Gasteiger partial charge in [0.15, 0.2) is 0 Å². The summed E-state index contributed by atoms with van der Waals surface area (Å²) in [5.74, 6) is -1.42. The maximum atomic E-state index is 9.60. The molecular weight excluding hydrogens is 476 g/mol. The third-order valence-corrected chi connectivity index (χ3v) is 4.04. The van der Waals surface area contributed by atoms with E-state index in [9.17, 15) is 9.59 Å². The van der Waals surface area contributed by atoms with Crippen LogP contribution >= 0.6 is 0 Å². The van der Waals surface area contributed by atoms with Crippen LogP contribution in [0.4, 0.5) is 0 Å².